The predicted octanol–water partition coefficient (Wildman–Crippen LogP) is 7.25. The lowest BCUT2D eigenvalue weighted by Gasteiger charge is -2.33. The van der Waals surface area contributed by atoms with Crippen LogP contribution in [0.1, 0.15) is 70.7 Å². The molecule has 3 rings (SSSR count). The fourth-order valence-corrected chi connectivity index (χ4v) is 6.49. The number of furan rings is 1. The molecule has 1 amide bonds. The Morgan fingerprint density at radius 3 is 2.51 bits per heavy atom. The molecule has 35 heavy (non-hydrogen) atoms. The lowest BCUT2D eigenvalue weighted by atomic mass is 10.1. The van der Waals surface area contributed by atoms with Gasteiger partial charge in [0.25, 0.3) is 0 Å². The lowest BCUT2D eigenvalue weighted by Crippen LogP contribution is -2.41. The molecule has 3 aromatic heterocycles. The molecule has 0 aliphatic carbocycles. The Balaban J connectivity index is 2.13. The SMILES string of the molecule is Cc1c([C@H](C)N(C)[S@+]([O-])C(C)(C)C)sc2c(N(Cc3ccco3)C(=O)OC(C)(C)C)cc(Cl)nc12. The van der Waals surface area contributed by atoms with Gasteiger partial charge >= 0.3 is 6.09 Å². The van der Waals surface area contributed by atoms with Gasteiger partial charge in [-0.2, -0.15) is 0 Å². The molecule has 0 saturated carbocycles. The van der Waals surface area contributed by atoms with E-state index in [1.54, 1.807) is 24.5 Å². The maximum absolute atomic E-state index is 13.3. The highest BCUT2D eigenvalue weighted by Crippen LogP contribution is 2.43. The van der Waals surface area contributed by atoms with Crippen molar-refractivity contribution in [3.63, 3.8) is 0 Å². The summed E-state index contributed by atoms with van der Waals surface area (Å²) in [5, 5.41) is 0.271. The standard InChI is InChI=1S/C25H34ClN3O4S2/c1-15-20-22(34-21(15)16(2)28(9)35(31)25(6,7)8)18(13-19(26)27-20)29(14-17-11-10-12-32-17)23(30)33-24(3,4)5/h10-13,16H,14H2,1-9H3/t16-,35+/m0/s1. The monoisotopic (exact) mass is 539 g/mol. The third-order valence-corrected chi connectivity index (χ3v) is 8.92. The molecule has 2 atom stereocenters. The Hall–Kier alpha value is -1.78. The second-order valence-electron chi connectivity index (χ2n) is 10.5. The minimum absolute atomic E-state index is 0.138. The zero-order valence-corrected chi connectivity index (χ0v) is 24.2. The normalized spacial score (nSPS) is 14.4. The Kier molecular flexibility index (Phi) is 8.18. The minimum atomic E-state index is -1.21. The fourth-order valence-electron chi connectivity index (χ4n) is 3.61. The van der Waals surface area contributed by atoms with Crippen LogP contribution in [0.3, 0.4) is 0 Å². The molecule has 0 fully saturated rings. The van der Waals surface area contributed by atoms with E-state index in [0.29, 0.717) is 17.0 Å². The first-order valence-corrected chi connectivity index (χ1v) is 13.7. The number of hydrogen-bond donors (Lipinski definition) is 0. The minimum Gasteiger partial charge on any atom is -0.597 e. The Bertz CT molecular complexity index is 1180. The van der Waals surface area contributed by atoms with Crippen molar-refractivity contribution in [2.45, 2.75) is 78.3 Å². The number of anilines is 1. The second kappa shape index (κ2) is 10.3. The van der Waals surface area contributed by atoms with E-state index >= 15 is 0 Å². The number of rotatable bonds is 6. The molecule has 10 heteroatoms. The molecule has 7 nitrogen and oxygen atoms in total. The van der Waals surface area contributed by atoms with Crippen molar-refractivity contribution in [3.8, 4) is 0 Å². The van der Waals surface area contributed by atoms with Gasteiger partial charge in [0.2, 0.25) is 0 Å². The van der Waals surface area contributed by atoms with Crippen molar-refractivity contribution < 1.29 is 18.5 Å². The van der Waals surface area contributed by atoms with Gasteiger partial charge < -0.3 is 13.7 Å². The number of aromatic nitrogens is 1. The van der Waals surface area contributed by atoms with E-state index < -0.39 is 27.8 Å². The highest BCUT2D eigenvalue weighted by molar-refractivity contribution is 7.90. The summed E-state index contributed by atoms with van der Waals surface area (Å²) in [6.07, 6.45) is 1.06. The number of amides is 1. The first kappa shape index (κ1) is 27.8. The summed E-state index contributed by atoms with van der Waals surface area (Å²) >= 11 is 6.77. The van der Waals surface area contributed by atoms with E-state index in [1.807, 2.05) is 66.7 Å². The predicted molar refractivity (Wildman–Crippen MR) is 145 cm³/mol. The number of hydrogen-bond acceptors (Lipinski definition) is 7. The van der Waals surface area contributed by atoms with Crippen molar-refractivity contribution in [3.05, 3.63) is 45.8 Å². The topological polar surface area (TPSA) is 81.9 Å². The molecule has 0 N–H and O–H groups in total. The molecule has 0 unspecified atom stereocenters. The molecule has 0 aliphatic rings. The fraction of sp³-hybridized carbons (Fsp3) is 0.520. The number of halogens is 1. The van der Waals surface area contributed by atoms with E-state index in [2.05, 4.69) is 4.98 Å². The van der Waals surface area contributed by atoms with Crippen LogP contribution in [-0.2, 0) is 22.6 Å². The van der Waals surface area contributed by atoms with Gasteiger partial charge in [-0.15, -0.1) is 15.6 Å². The summed E-state index contributed by atoms with van der Waals surface area (Å²) in [6.45, 7) is 15.5. The van der Waals surface area contributed by atoms with Gasteiger partial charge in [0.05, 0.1) is 34.8 Å². The smallest absolute Gasteiger partial charge is 0.415 e. The third-order valence-electron chi connectivity index (χ3n) is 5.37. The Morgan fingerprint density at radius 2 is 1.97 bits per heavy atom. The van der Waals surface area contributed by atoms with Gasteiger partial charge in [0, 0.05) is 29.4 Å². The van der Waals surface area contributed by atoms with Crippen LogP contribution in [-0.4, -0.2) is 37.3 Å². The number of aryl methyl sites for hydroxylation is 1. The van der Waals surface area contributed by atoms with Crippen molar-refractivity contribution >= 4 is 56.3 Å². The van der Waals surface area contributed by atoms with Gasteiger partial charge in [-0.05, 0) is 73.1 Å². The van der Waals surface area contributed by atoms with Crippen LogP contribution in [0.5, 0.6) is 0 Å². The molecular weight excluding hydrogens is 506 g/mol. The van der Waals surface area contributed by atoms with Crippen LogP contribution in [0, 0.1) is 6.92 Å². The van der Waals surface area contributed by atoms with E-state index in [4.69, 9.17) is 20.8 Å². The van der Waals surface area contributed by atoms with Crippen LogP contribution in [0.4, 0.5) is 10.5 Å². The summed E-state index contributed by atoms with van der Waals surface area (Å²) in [5.74, 6) is 0.610. The molecule has 0 spiro atoms. The molecule has 192 valence electrons. The van der Waals surface area contributed by atoms with Crippen LogP contribution < -0.4 is 4.90 Å². The van der Waals surface area contributed by atoms with Gasteiger partial charge in [0.15, 0.2) is 0 Å². The number of pyridine rings is 1. The molecular formula is C25H34ClN3O4S2. The maximum atomic E-state index is 13.3. The second-order valence-corrected chi connectivity index (χ2v) is 14.2. The van der Waals surface area contributed by atoms with Gasteiger partial charge in [-0.25, -0.2) is 9.78 Å². The van der Waals surface area contributed by atoms with Crippen LogP contribution >= 0.6 is 22.9 Å². The van der Waals surface area contributed by atoms with E-state index in [-0.39, 0.29) is 17.7 Å². The molecule has 0 radical (unpaired) electrons. The van der Waals surface area contributed by atoms with Gasteiger partial charge in [-0.1, -0.05) is 11.6 Å². The number of fused-ring (bicyclic) bond motifs is 1. The Morgan fingerprint density at radius 1 is 1.31 bits per heavy atom. The summed E-state index contributed by atoms with van der Waals surface area (Å²) in [6, 6.07) is 5.12. The van der Waals surface area contributed by atoms with E-state index in [0.717, 1.165) is 15.1 Å². The molecule has 0 saturated heterocycles. The third kappa shape index (κ3) is 6.32. The number of carbonyl (C=O) groups excluding carboxylic acids is 1. The summed E-state index contributed by atoms with van der Waals surface area (Å²) < 4.78 is 26.6. The molecule has 0 bridgehead atoms. The average molecular weight is 540 g/mol. The summed E-state index contributed by atoms with van der Waals surface area (Å²) in [4.78, 5) is 20.5. The zero-order valence-electron chi connectivity index (χ0n) is 21.8. The number of thiophene rings is 1. The van der Waals surface area contributed by atoms with E-state index in [1.165, 1.54) is 16.2 Å². The van der Waals surface area contributed by atoms with E-state index in [9.17, 15) is 9.35 Å². The molecule has 3 aromatic rings. The largest absolute Gasteiger partial charge is 0.597 e. The molecule has 0 aromatic carbocycles. The zero-order chi connectivity index (χ0) is 26.3. The van der Waals surface area contributed by atoms with Crippen molar-refractivity contribution in [1.82, 2.24) is 9.29 Å². The van der Waals surface area contributed by atoms with Crippen LogP contribution in [0.2, 0.25) is 5.15 Å². The summed E-state index contributed by atoms with van der Waals surface area (Å²) in [5.41, 5.74) is 1.57. The Labute approximate surface area is 219 Å². The first-order valence-electron chi connectivity index (χ1n) is 11.4. The molecule has 3 heterocycles. The number of ether oxygens (including phenoxy) is 1. The maximum Gasteiger partial charge on any atom is 0.415 e. The average Bonchev–Trinajstić information content (AvgIpc) is 3.36. The quantitative estimate of drug-likeness (QED) is 0.242. The first-order chi connectivity index (χ1) is 16.1. The van der Waals surface area contributed by atoms with Crippen molar-refractivity contribution in [1.29, 1.82) is 0 Å². The van der Waals surface area contributed by atoms with Crippen molar-refractivity contribution in [2.24, 2.45) is 0 Å². The highest BCUT2D eigenvalue weighted by atomic mass is 35.5. The van der Waals surface area contributed by atoms with Gasteiger partial charge in [0.1, 0.15) is 21.3 Å². The van der Waals surface area contributed by atoms with Crippen LogP contribution in [0.25, 0.3) is 10.2 Å². The van der Waals surface area contributed by atoms with Crippen LogP contribution in [0.15, 0.2) is 28.9 Å². The number of nitrogens with zero attached hydrogens (tertiary/aromatic N) is 3. The molecule has 0 aliphatic heterocycles. The highest BCUT2D eigenvalue weighted by Gasteiger charge is 2.36. The lowest BCUT2D eigenvalue weighted by molar-refractivity contribution is 0.0575. The summed E-state index contributed by atoms with van der Waals surface area (Å²) in [7, 11) is 1.86. The van der Waals surface area contributed by atoms with Gasteiger partial charge in [-0.3, -0.25) is 4.90 Å². The number of carbonyl (C=O) groups is 1. The van der Waals surface area contributed by atoms with Crippen molar-refractivity contribution in [2.75, 3.05) is 11.9 Å².